The van der Waals surface area contributed by atoms with Crippen LogP contribution in [0.4, 0.5) is 0 Å². The number of epoxide rings is 2. The third-order valence-corrected chi connectivity index (χ3v) is 4.20. The summed E-state index contributed by atoms with van der Waals surface area (Å²) in [6.45, 7) is 3.08. The van der Waals surface area contributed by atoms with Crippen molar-refractivity contribution >= 4 is 0 Å². The van der Waals surface area contributed by atoms with E-state index in [1.807, 2.05) is 24.3 Å². The van der Waals surface area contributed by atoms with Gasteiger partial charge in [0.1, 0.15) is 24.2 Å². The van der Waals surface area contributed by atoms with Gasteiger partial charge in [-0.05, 0) is 41.8 Å². The second-order valence-corrected chi connectivity index (χ2v) is 6.32. The number of benzene rings is 2. The monoisotopic (exact) mass is 326 g/mol. The van der Waals surface area contributed by atoms with Crippen LogP contribution in [0.2, 0.25) is 0 Å². The molecule has 0 aromatic heterocycles. The highest BCUT2D eigenvalue weighted by Crippen LogP contribution is 2.20. The summed E-state index contributed by atoms with van der Waals surface area (Å²) in [5, 5.41) is 0. The van der Waals surface area contributed by atoms with Crippen LogP contribution in [-0.2, 0) is 15.9 Å². The second-order valence-electron chi connectivity index (χ2n) is 6.32. The van der Waals surface area contributed by atoms with E-state index in [9.17, 15) is 0 Å². The van der Waals surface area contributed by atoms with E-state index in [2.05, 4.69) is 24.3 Å². The lowest BCUT2D eigenvalue weighted by atomic mass is 10.0. The maximum absolute atomic E-state index is 5.72. The Kier molecular flexibility index (Phi) is 4.67. The first-order valence-corrected chi connectivity index (χ1v) is 8.52. The lowest BCUT2D eigenvalue weighted by Crippen LogP contribution is -2.03. The summed E-state index contributed by atoms with van der Waals surface area (Å²) in [6.07, 6.45) is 2.60. The van der Waals surface area contributed by atoms with E-state index >= 15 is 0 Å². The summed E-state index contributed by atoms with van der Waals surface area (Å²) < 4.78 is 21.7. The molecule has 4 heteroatoms. The van der Waals surface area contributed by atoms with Crippen molar-refractivity contribution in [1.29, 1.82) is 0 Å². The molecule has 0 radical (unpaired) electrons. The summed E-state index contributed by atoms with van der Waals surface area (Å²) in [6, 6.07) is 16.6. The van der Waals surface area contributed by atoms with Gasteiger partial charge in [-0.25, -0.2) is 0 Å². The Balaban J connectivity index is 1.25. The van der Waals surface area contributed by atoms with Crippen LogP contribution in [0.5, 0.6) is 11.5 Å². The molecule has 0 aliphatic carbocycles. The van der Waals surface area contributed by atoms with Crippen LogP contribution >= 0.6 is 0 Å². The molecule has 2 atom stereocenters. The van der Waals surface area contributed by atoms with Gasteiger partial charge in [-0.3, -0.25) is 0 Å². The minimum Gasteiger partial charge on any atom is -0.493 e. The average molecular weight is 326 g/mol. The highest BCUT2D eigenvalue weighted by Gasteiger charge is 2.23. The largest absolute Gasteiger partial charge is 0.493 e. The first-order chi connectivity index (χ1) is 11.8. The van der Waals surface area contributed by atoms with Crippen molar-refractivity contribution in [1.82, 2.24) is 0 Å². The van der Waals surface area contributed by atoms with Crippen molar-refractivity contribution in [2.75, 3.05) is 26.4 Å². The molecule has 2 unspecified atom stereocenters. The highest BCUT2D eigenvalue weighted by molar-refractivity contribution is 5.34. The first kappa shape index (κ1) is 15.5. The fraction of sp³-hybridized carbons (Fsp3) is 0.400. The molecule has 2 fully saturated rings. The van der Waals surface area contributed by atoms with Crippen molar-refractivity contribution in [3.8, 4) is 11.5 Å². The van der Waals surface area contributed by atoms with Crippen molar-refractivity contribution in [3.05, 3.63) is 59.7 Å². The van der Waals surface area contributed by atoms with Crippen molar-refractivity contribution in [3.63, 3.8) is 0 Å². The molecule has 0 bridgehead atoms. The van der Waals surface area contributed by atoms with Gasteiger partial charge in [0.25, 0.3) is 0 Å². The van der Waals surface area contributed by atoms with Crippen molar-refractivity contribution < 1.29 is 18.9 Å². The summed E-state index contributed by atoms with van der Waals surface area (Å²) in [7, 11) is 0. The van der Waals surface area contributed by atoms with E-state index in [-0.39, 0.29) is 0 Å². The van der Waals surface area contributed by atoms with Gasteiger partial charge in [-0.2, -0.15) is 0 Å². The zero-order valence-electron chi connectivity index (χ0n) is 13.6. The van der Waals surface area contributed by atoms with Crippen molar-refractivity contribution in [2.45, 2.75) is 25.0 Å². The Hall–Kier alpha value is -2.04. The second kappa shape index (κ2) is 7.24. The predicted molar refractivity (Wildman–Crippen MR) is 90.8 cm³/mol. The van der Waals surface area contributed by atoms with Crippen LogP contribution in [0, 0.1) is 0 Å². The van der Waals surface area contributed by atoms with Crippen LogP contribution < -0.4 is 9.47 Å². The van der Waals surface area contributed by atoms with E-state index in [4.69, 9.17) is 18.9 Å². The lowest BCUT2D eigenvalue weighted by molar-refractivity contribution is 0.263. The lowest BCUT2D eigenvalue weighted by Gasteiger charge is -2.08. The molecule has 0 N–H and O–H groups in total. The Labute approximate surface area is 142 Å². The molecule has 0 amide bonds. The van der Waals surface area contributed by atoms with Crippen LogP contribution in [0.25, 0.3) is 0 Å². The molecule has 0 spiro atoms. The molecule has 0 saturated carbocycles. The zero-order chi connectivity index (χ0) is 16.2. The van der Waals surface area contributed by atoms with Gasteiger partial charge < -0.3 is 18.9 Å². The molecule has 2 heterocycles. The predicted octanol–water partition coefficient (Wildman–Crippen LogP) is 3.22. The van der Waals surface area contributed by atoms with Gasteiger partial charge in [-0.1, -0.05) is 24.3 Å². The average Bonchev–Trinajstić information content (AvgIpc) is 3.51. The van der Waals surface area contributed by atoms with Crippen LogP contribution in [-0.4, -0.2) is 38.6 Å². The molecule has 2 aromatic carbocycles. The number of ether oxygens (including phenoxy) is 4. The maximum Gasteiger partial charge on any atom is 0.119 e. The molecule has 126 valence electrons. The standard InChI is InChI=1S/C20H22O4/c1-5-17(21-10-9-19-12-23-19)6-2-15(1)11-16-3-7-18(8-4-16)22-13-20-14-24-20/h1-8,19-20H,9-14H2. The first-order valence-electron chi connectivity index (χ1n) is 8.52. The van der Waals surface area contributed by atoms with Gasteiger partial charge in [0.2, 0.25) is 0 Å². The summed E-state index contributed by atoms with van der Waals surface area (Å²) >= 11 is 0. The Morgan fingerprint density at radius 2 is 1.29 bits per heavy atom. The Morgan fingerprint density at radius 1 is 0.750 bits per heavy atom. The van der Waals surface area contributed by atoms with Gasteiger partial charge in [-0.15, -0.1) is 0 Å². The molecular weight excluding hydrogens is 304 g/mol. The van der Waals surface area contributed by atoms with Crippen molar-refractivity contribution in [2.24, 2.45) is 0 Å². The molecular formula is C20H22O4. The molecule has 2 saturated heterocycles. The van der Waals surface area contributed by atoms with Gasteiger partial charge in [0.15, 0.2) is 0 Å². The molecule has 4 nitrogen and oxygen atoms in total. The number of rotatable bonds is 9. The summed E-state index contributed by atoms with van der Waals surface area (Å²) in [4.78, 5) is 0. The van der Waals surface area contributed by atoms with Crippen LogP contribution in [0.1, 0.15) is 17.5 Å². The Morgan fingerprint density at radius 3 is 1.83 bits per heavy atom. The Bertz CT molecular complexity index is 642. The fourth-order valence-electron chi connectivity index (χ4n) is 2.54. The summed E-state index contributed by atoms with van der Waals surface area (Å²) in [5.74, 6) is 1.82. The van der Waals surface area contributed by atoms with Gasteiger partial charge >= 0.3 is 0 Å². The molecule has 2 aromatic rings. The number of hydrogen-bond donors (Lipinski definition) is 0. The van der Waals surface area contributed by atoms with E-state index in [1.54, 1.807) is 0 Å². The van der Waals surface area contributed by atoms with E-state index in [1.165, 1.54) is 11.1 Å². The minimum atomic E-state index is 0.294. The van der Waals surface area contributed by atoms with Crippen LogP contribution in [0.15, 0.2) is 48.5 Å². The zero-order valence-corrected chi connectivity index (χ0v) is 13.6. The topological polar surface area (TPSA) is 43.5 Å². The summed E-state index contributed by atoms with van der Waals surface area (Å²) in [5.41, 5.74) is 2.54. The smallest absolute Gasteiger partial charge is 0.119 e. The van der Waals surface area contributed by atoms with Gasteiger partial charge in [0.05, 0.1) is 25.9 Å². The van der Waals surface area contributed by atoms with E-state index in [0.29, 0.717) is 18.8 Å². The minimum absolute atomic E-state index is 0.294. The molecule has 2 aliphatic heterocycles. The van der Waals surface area contributed by atoms with Gasteiger partial charge in [0, 0.05) is 6.42 Å². The van der Waals surface area contributed by atoms with E-state index < -0.39 is 0 Å². The third-order valence-electron chi connectivity index (χ3n) is 4.20. The maximum atomic E-state index is 5.72. The third kappa shape index (κ3) is 4.73. The SMILES string of the molecule is c1cc(OCCC2CO2)ccc1Cc1ccc(OCC2CO2)cc1. The van der Waals surface area contributed by atoms with E-state index in [0.717, 1.165) is 44.2 Å². The fourth-order valence-corrected chi connectivity index (χ4v) is 2.54. The quantitative estimate of drug-likeness (QED) is 0.664. The molecule has 4 rings (SSSR count). The molecule has 2 aliphatic rings. The molecule has 24 heavy (non-hydrogen) atoms. The highest BCUT2D eigenvalue weighted by atomic mass is 16.6. The number of hydrogen-bond acceptors (Lipinski definition) is 4. The van der Waals surface area contributed by atoms with Crippen LogP contribution in [0.3, 0.4) is 0 Å². The normalized spacial score (nSPS) is 21.3.